The molecule has 5 aromatic heterocycles. The summed E-state index contributed by atoms with van der Waals surface area (Å²) in [6.45, 7) is 0. The van der Waals surface area contributed by atoms with Crippen molar-refractivity contribution in [3.8, 4) is 22.5 Å². The van der Waals surface area contributed by atoms with Crippen LogP contribution in [0.4, 0.5) is 0 Å². The van der Waals surface area contributed by atoms with Gasteiger partial charge in [-0.25, -0.2) is 4.98 Å². The Bertz CT molecular complexity index is 3460. The Balaban J connectivity index is 1.05. The van der Waals surface area contributed by atoms with E-state index in [-0.39, 0.29) is 0 Å². The molecule has 0 unspecified atom stereocenters. The molecule has 246 valence electrons. The number of aromatic nitrogens is 5. The van der Waals surface area contributed by atoms with Crippen LogP contribution in [0.25, 0.3) is 104 Å². The average Bonchev–Trinajstić information content (AvgIpc) is 3.89. The van der Waals surface area contributed by atoms with Crippen LogP contribution in [0.5, 0.6) is 0 Å². The summed E-state index contributed by atoms with van der Waals surface area (Å²) in [6.07, 6.45) is 3.86. The highest BCUT2D eigenvalue weighted by Gasteiger charge is 2.18. The number of hydrogen-bond acceptors (Lipinski definition) is 2. The maximum Gasteiger partial charge on any atom is 0.146 e. The van der Waals surface area contributed by atoms with Gasteiger partial charge in [0.2, 0.25) is 0 Å². The van der Waals surface area contributed by atoms with Crippen molar-refractivity contribution in [3.05, 3.63) is 176 Å². The predicted molar refractivity (Wildman–Crippen MR) is 220 cm³/mol. The molecule has 12 aromatic rings. The van der Waals surface area contributed by atoms with Crippen LogP contribution in [-0.2, 0) is 0 Å². The number of nitrogens with zero attached hydrogens (tertiary/aromatic N) is 5. The van der Waals surface area contributed by atoms with Gasteiger partial charge in [-0.05, 0) is 89.3 Å². The van der Waals surface area contributed by atoms with Gasteiger partial charge in [0, 0.05) is 49.9 Å². The third-order valence-electron chi connectivity index (χ3n) is 11.1. The molecule has 0 amide bonds. The van der Waals surface area contributed by atoms with Crippen molar-refractivity contribution in [2.75, 3.05) is 0 Å². The van der Waals surface area contributed by atoms with E-state index in [2.05, 4.69) is 182 Å². The Hall–Kier alpha value is -7.24. The van der Waals surface area contributed by atoms with E-state index in [9.17, 15) is 0 Å². The number of benzene rings is 7. The van der Waals surface area contributed by atoms with Crippen LogP contribution < -0.4 is 0 Å². The van der Waals surface area contributed by atoms with Gasteiger partial charge in [-0.15, -0.1) is 0 Å². The normalized spacial score (nSPS) is 12.2. The SMILES string of the molecule is c1ccc(-n2c3ccc(-c4ccc5c(c4)c4ccccc4n5-c4ccc5c(c4)nc4c6ccccc6c6ccccc6n54)cc3c3ccncc32)cc1. The molecule has 0 N–H and O–H groups in total. The first-order valence-corrected chi connectivity index (χ1v) is 18.0. The van der Waals surface area contributed by atoms with E-state index >= 15 is 0 Å². The molecule has 5 heterocycles. The molecule has 0 spiro atoms. The molecule has 0 aliphatic carbocycles. The van der Waals surface area contributed by atoms with Crippen molar-refractivity contribution in [1.82, 2.24) is 23.5 Å². The van der Waals surface area contributed by atoms with Crippen molar-refractivity contribution in [2.45, 2.75) is 0 Å². The van der Waals surface area contributed by atoms with Crippen molar-refractivity contribution in [3.63, 3.8) is 0 Å². The number of rotatable bonds is 3. The lowest BCUT2D eigenvalue weighted by Crippen LogP contribution is -1.94. The van der Waals surface area contributed by atoms with Crippen LogP contribution in [0.2, 0.25) is 0 Å². The van der Waals surface area contributed by atoms with E-state index in [0.29, 0.717) is 0 Å². The molecular formula is C48H29N5. The fourth-order valence-corrected chi connectivity index (χ4v) is 8.78. The van der Waals surface area contributed by atoms with Crippen molar-refractivity contribution < 1.29 is 0 Å². The summed E-state index contributed by atoms with van der Waals surface area (Å²) in [5.41, 5.74) is 13.4. The third kappa shape index (κ3) is 3.96. The first-order chi connectivity index (χ1) is 26.3. The van der Waals surface area contributed by atoms with Crippen molar-refractivity contribution in [2.24, 2.45) is 0 Å². The smallest absolute Gasteiger partial charge is 0.146 e. The highest BCUT2D eigenvalue weighted by atomic mass is 15.0. The summed E-state index contributed by atoms with van der Waals surface area (Å²) in [5, 5.41) is 8.48. The number of imidazole rings is 1. The van der Waals surface area contributed by atoms with Crippen LogP contribution in [0.3, 0.4) is 0 Å². The summed E-state index contributed by atoms with van der Waals surface area (Å²) in [7, 11) is 0. The van der Waals surface area contributed by atoms with Crippen LogP contribution >= 0.6 is 0 Å². The maximum atomic E-state index is 5.29. The zero-order chi connectivity index (χ0) is 34.6. The van der Waals surface area contributed by atoms with Crippen molar-refractivity contribution >= 4 is 82.0 Å². The van der Waals surface area contributed by atoms with Crippen LogP contribution in [0.15, 0.2) is 176 Å². The molecule has 0 saturated heterocycles. The lowest BCUT2D eigenvalue weighted by atomic mass is 10.0. The molecule has 0 aliphatic heterocycles. The van der Waals surface area contributed by atoms with Gasteiger partial charge in [-0.2, -0.15) is 0 Å². The Morgan fingerprint density at radius 3 is 1.68 bits per heavy atom. The van der Waals surface area contributed by atoms with Crippen LogP contribution in [0.1, 0.15) is 0 Å². The number of para-hydroxylation sites is 3. The molecule has 0 radical (unpaired) electrons. The minimum atomic E-state index is 0.977. The average molecular weight is 676 g/mol. The van der Waals surface area contributed by atoms with E-state index < -0.39 is 0 Å². The summed E-state index contributed by atoms with van der Waals surface area (Å²) < 4.78 is 7.01. The van der Waals surface area contributed by atoms with Gasteiger partial charge < -0.3 is 9.13 Å². The number of pyridine rings is 2. The van der Waals surface area contributed by atoms with Gasteiger partial charge in [-0.1, -0.05) is 91.0 Å². The second-order valence-corrected chi connectivity index (χ2v) is 13.9. The van der Waals surface area contributed by atoms with E-state index in [1.165, 1.54) is 65.5 Å². The van der Waals surface area contributed by atoms with Gasteiger partial charge in [0.15, 0.2) is 0 Å². The Labute approximate surface area is 303 Å². The maximum absolute atomic E-state index is 5.29. The lowest BCUT2D eigenvalue weighted by Gasteiger charge is -2.10. The van der Waals surface area contributed by atoms with Crippen LogP contribution in [-0.4, -0.2) is 23.5 Å². The largest absolute Gasteiger partial charge is 0.309 e. The molecule has 53 heavy (non-hydrogen) atoms. The summed E-state index contributed by atoms with van der Waals surface area (Å²) in [4.78, 5) is 9.78. The van der Waals surface area contributed by atoms with E-state index in [1.807, 2.05) is 12.4 Å². The number of fused-ring (bicyclic) bond motifs is 14. The molecule has 0 bridgehead atoms. The highest BCUT2D eigenvalue weighted by molar-refractivity contribution is 6.15. The Morgan fingerprint density at radius 1 is 0.358 bits per heavy atom. The molecule has 5 nitrogen and oxygen atoms in total. The van der Waals surface area contributed by atoms with Crippen molar-refractivity contribution in [1.29, 1.82) is 0 Å². The molecule has 0 aliphatic rings. The molecule has 7 aromatic carbocycles. The van der Waals surface area contributed by atoms with Gasteiger partial charge in [0.1, 0.15) is 5.65 Å². The fourth-order valence-electron chi connectivity index (χ4n) is 8.78. The minimum absolute atomic E-state index is 0.977. The monoisotopic (exact) mass is 675 g/mol. The molecule has 0 fully saturated rings. The minimum Gasteiger partial charge on any atom is -0.309 e. The van der Waals surface area contributed by atoms with Crippen LogP contribution in [0, 0.1) is 0 Å². The summed E-state index contributed by atoms with van der Waals surface area (Å²) >= 11 is 0. The second-order valence-electron chi connectivity index (χ2n) is 13.9. The second kappa shape index (κ2) is 10.6. The van der Waals surface area contributed by atoms with Gasteiger partial charge in [0.05, 0.1) is 44.8 Å². The quantitative estimate of drug-likeness (QED) is 0.175. The van der Waals surface area contributed by atoms with Gasteiger partial charge >= 0.3 is 0 Å². The first kappa shape index (κ1) is 28.5. The van der Waals surface area contributed by atoms with E-state index in [0.717, 1.165) is 39.0 Å². The fraction of sp³-hybridized carbons (Fsp3) is 0. The van der Waals surface area contributed by atoms with E-state index in [4.69, 9.17) is 4.98 Å². The Kier molecular flexibility index (Phi) is 5.71. The predicted octanol–water partition coefficient (Wildman–Crippen LogP) is 12.1. The van der Waals surface area contributed by atoms with Gasteiger partial charge in [-0.3, -0.25) is 9.38 Å². The highest BCUT2D eigenvalue weighted by Crippen LogP contribution is 2.39. The zero-order valence-corrected chi connectivity index (χ0v) is 28.5. The molecule has 12 rings (SSSR count). The summed E-state index contributed by atoms with van der Waals surface area (Å²) in [6, 6.07) is 59.1. The molecule has 0 atom stereocenters. The first-order valence-electron chi connectivity index (χ1n) is 18.0. The summed E-state index contributed by atoms with van der Waals surface area (Å²) in [5.74, 6) is 0. The molecular weight excluding hydrogens is 647 g/mol. The zero-order valence-electron chi connectivity index (χ0n) is 28.5. The van der Waals surface area contributed by atoms with E-state index in [1.54, 1.807) is 0 Å². The Morgan fingerprint density at radius 2 is 0.925 bits per heavy atom. The topological polar surface area (TPSA) is 40.0 Å². The van der Waals surface area contributed by atoms with Gasteiger partial charge in [0.25, 0.3) is 0 Å². The third-order valence-corrected chi connectivity index (χ3v) is 11.1. The standard InChI is InChI=1S/C48H29N5/c1-2-10-32(11-3-1)51-44-21-18-31(27-40(44)37-24-25-49-29-47(37)51)30-19-22-45-39(26-30)36-14-7-8-16-42(36)52(45)33-20-23-46-41(28-33)50-48-38-15-5-4-12-34(38)35-13-6-9-17-43(35)53(46)48/h1-29H. The lowest BCUT2D eigenvalue weighted by molar-refractivity contribution is 1.17. The number of hydrogen-bond donors (Lipinski definition) is 0. The molecule has 0 saturated carbocycles. The molecule has 5 heteroatoms.